The molecule has 0 aliphatic heterocycles. The normalized spacial score (nSPS) is 13.7. The summed E-state index contributed by atoms with van der Waals surface area (Å²) in [6.45, 7) is 0. The maximum atomic E-state index is 11.6. The molecule has 0 N–H and O–H groups in total. The molecule has 9 heteroatoms. The van der Waals surface area contributed by atoms with Gasteiger partial charge in [0.1, 0.15) is 4.90 Å². The Morgan fingerprint density at radius 3 is 2.50 bits per heavy atom. The van der Waals surface area contributed by atoms with Crippen molar-refractivity contribution in [1.82, 2.24) is 0 Å². The zero-order chi connectivity index (χ0) is 12.3. The first-order valence-corrected chi connectivity index (χ1v) is 7.23. The van der Waals surface area contributed by atoms with E-state index >= 15 is 0 Å². The van der Waals surface area contributed by atoms with Gasteiger partial charge in [0.05, 0.1) is 5.02 Å². The Balaban J connectivity index is 3.17. The van der Waals surface area contributed by atoms with Crippen LogP contribution in [0.5, 0.6) is 0 Å². The van der Waals surface area contributed by atoms with Gasteiger partial charge in [-0.2, -0.15) is 12.4 Å². The summed E-state index contributed by atoms with van der Waals surface area (Å²) in [7, 11) is -6.27. The van der Waals surface area contributed by atoms with Crippen molar-refractivity contribution < 1.29 is 21.5 Å². The van der Waals surface area contributed by atoms with E-state index in [9.17, 15) is 13.0 Å². The van der Waals surface area contributed by atoms with Crippen molar-refractivity contribution in [2.24, 2.45) is 0 Å². The second-order valence-corrected chi connectivity index (χ2v) is 6.33. The molecule has 0 bridgehead atoms. The SMILES string of the molecule is CO[PH](=O)OS(=O)(=O)c1cc(Cl)ccc1Cl. The molecule has 0 spiro atoms. The third-order valence-corrected chi connectivity index (χ3v) is 4.82. The Morgan fingerprint density at radius 1 is 1.31 bits per heavy atom. The van der Waals surface area contributed by atoms with Gasteiger partial charge in [0.25, 0.3) is 0 Å². The Bertz CT molecular complexity index is 516. The standard InChI is InChI=1S/C7H7Cl2O5PS/c1-13-15(10)14-16(11,12)7-4-5(8)2-3-6(7)9/h2-4,15H,1H3. The Kier molecular flexibility index (Phi) is 4.79. The van der Waals surface area contributed by atoms with E-state index in [0.29, 0.717) is 0 Å². The molecule has 0 radical (unpaired) electrons. The molecule has 0 fully saturated rings. The molecule has 1 aromatic carbocycles. The molecular weight excluding hydrogens is 298 g/mol. The Labute approximate surface area is 103 Å². The molecule has 0 heterocycles. The van der Waals surface area contributed by atoms with Gasteiger partial charge in [-0.3, -0.25) is 4.57 Å². The molecule has 0 aliphatic rings. The minimum absolute atomic E-state index is 0.0738. The van der Waals surface area contributed by atoms with E-state index in [1.54, 1.807) is 0 Å². The summed E-state index contributed by atoms with van der Waals surface area (Å²) >= 11 is 11.3. The topological polar surface area (TPSA) is 69.7 Å². The summed E-state index contributed by atoms with van der Waals surface area (Å²) < 4.78 is 42.5. The Hall–Kier alpha value is -0.100. The third kappa shape index (κ3) is 3.45. The molecule has 1 unspecified atom stereocenters. The number of hydrogen-bond donors (Lipinski definition) is 0. The molecule has 0 aliphatic carbocycles. The molecule has 0 aromatic heterocycles. The van der Waals surface area contributed by atoms with Gasteiger partial charge >= 0.3 is 18.4 Å². The van der Waals surface area contributed by atoms with Crippen molar-refractivity contribution in [2.45, 2.75) is 4.90 Å². The lowest BCUT2D eigenvalue weighted by atomic mass is 10.4. The molecule has 0 saturated heterocycles. The summed E-state index contributed by atoms with van der Waals surface area (Å²) in [6.07, 6.45) is 0. The van der Waals surface area contributed by atoms with E-state index < -0.39 is 18.4 Å². The van der Waals surface area contributed by atoms with Crippen LogP contribution >= 0.6 is 31.5 Å². The van der Waals surface area contributed by atoms with Crippen LogP contribution in [0.2, 0.25) is 10.0 Å². The molecule has 16 heavy (non-hydrogen) atoms. The van der Waals surface area contributed by atoms with Gasteiger partial charge in [-0.15, -0.1) is 0 Å². The van der Waals surface area contributed by atoms with Gasteiger partial charge in [-0.1, -0.05) is 23.2 Å². The van der Waals surface area contributed by atoms with Crippen molar-refractivity contribution in [1.29, 1.82) is 0 Å². The number of hydrogen-bond acceptors (Lipinski definition) is 5. The van der Waals surface area contributed by atoms with Crippen LogP contribution in [0.4, 0.5) is 0 Å². The fourth-order valence-electron chi connectivity index (χ4n) is 0.837. The van der Waals surface area contributed by atoms with Crippen LogP contribution < -0.4 is 0 Å². The second-order valence-electron chi connectivity index (χ2n) is 2.57. The molecule has 5 nitrogen and oxygen atoms in total. The monoisotopic (exact) mass is 304 g/mol. The van der Waals surface area contributed by atoms with Gasteiger partial charge < -0.3 is 4.52 Å². The highest BCUT2D eigenvalue weighted by atomic mass is 35.5. The second kappa shape index (κ2) is 5.49. The van der Waals surface area contributed by atoms with E-state index in [1.807, 2.05) is 0 Å². The van der Waals surface area contributed by atoms with Crippen molar-refractivity contribution in [3.05, 3.63) is 28.2 Å². The van der Waals surface area contributed by atoms with Crippen molar-refractivity contribution in [3.8, 4) is 0 Å². The van der Waals surface area contributed by atoms with Gasteiger partial charge in [0.15, 0.2) is 0 Å². The molecule has 90 valence electrons. The molecule has 1 aromatic rings. The summed E-state index contributed by atoms with van der Waals surface area (Å²) in [4.78, 5) is -0.350. The average molecular weight is 305 g/mol. The highest BCUT2D eigenvalue weighted by Gasteiger charge is 2.22. The van der Waals surface area contributed by atoms with Crippen LogP contribution in [0.1, 0.15) is 0 Å². The summed E-state index contributed by atoms with van der Waals surface area (Å²) in [5.41, 5.74) is 0. The summed E-state index contributed by atoms with van der Waals surface area (Å²) in [5.74, 6) is 0. The van der Waals surface area contributed by atoms with Crippen LogP contribution in [0.25, 0.3) is 0 Å². The number of halogens is 2. The predicted octanol–water partition coefficient (Wildman–Crippen LogP) is 2.73. The van der Waals surface area contributed by atoms with Crippen LogP contribution in [0.3, 0.4) is 0 Å². The molecular formula is C7H7Cl2O5PS. The minimum Gasteiger partial charge on any atom is -0.313 e. The lowest BCUT2D eigenvalue weighted by Gasteiger charge is -2.06. The summed E-state index contributed by atoms with van der Waals surface area (Å²) in [6, 6.07) is 3.82. The van der Waals surface area contributed by atoms with E-state index in [-0.39, 0.29) is 14.9 Å². The van der Waals surface area contributed by atoms with E-state index in [4.69, 9.17) is 23.2 Å². The fourth-order valence-corrected chi connectivity index (χ4v) is 3.40. The predicted molar refractivity (Wildman–Crippen MR) is 60.7 cm³/mol. The highest BCUT2D eigenvalue weighted by molar-refractivity contribution is 7.89. The lowest BCUT2D eigenvalue weighted by Crippen LogP contribution is -2.02. The third-order valence-electron chi connectivity index (χ3n) is 1.51. The lowest BCUT2D eigenvalue weighted by molar-refractivity contribution is 0.348. The first-order chi connectivity index (χ1) is 7.36. The van der Waals surface area contributed by atoms with Gasteiger partial charge in [-0.25, -0.2) is 0 Å². The van der Waals surface area contributed by atoms with Crippen LogP contribution in [0, 0.1) is 0 Å². The van der Waals surface area contributed by atoms with Gasteiger partial charge in [0.2, 0.25) is 0 Å². The van der Waals surface area contributed by atoms with Crippen molar-refractivity contribution in [2.75, 3.05) is 7.11 Å². The Morgan fingerprint density at radius 2 is 1.94 bits per heavy atom. The van der Waals surface area contributed by atoms with E-state index in [1.165, 1.54) is 12.1 Å². The van der Waals surface area contributed by atoms with Gasteiger partial charge in [0, 0.05) is 12.1 Å². The van der Waals surface area contributed by atoms with Crippen molar-refractivity contribution in [3.63, 3.8) is 0 Å². The molecule has 0 saturated carbocycles. The highest BCUT2D eigenvalue weighted by Crippen LogP contribution is 2.33. The van der Waals surface area contributed by atoms with Crippen LogP contribution in [-0.2, 0) is 23.2 Å². The zero-order valence-electron chi connectivity index (χ0n) is 7.94. The zero-order valence-corrected chi connectivity index (χ0v) is 11.3. The number of benzene rings is 1. The maximum Gasteiger partial charge on any atom is 0.333 e. The van der Waals surface area contributed by atoms with E-state index in [0.717, 1.165) is 13.2 Å². The number of rotatable bonds is 4. The fraction of sp³-hybridized carbons (Fsp3) is 0.143. The minimum atomic E-state index is -4.23. The molecule has 1 atom stereocenters. The quantitative estimate of drug-likeness (QED) is 0.800. The van der Waals surface area contributed by atoms with Gasteiger partial charge in [-0.05, 0) is 18.2 Å². The summed E-state index contributed by atoms with van der Waals surface area (Å²) in [5, 5.41) is 0.0963. The smallest absolute Gasteiger partial charge is 0.313 e. The maximum absolute atomic E-state index is 11.6. The molecule has 0 amide bonds. The van der Waals surface area contributed by atoms with Crippen LogP contribution in [-0.4, -0.2) is 15.5 Å². The van der Waals surface area contributed by atoms with E-state index in [2.05, 4.69) is 8.49 Å². The van der Waals surface area contributed by atoms with Crippen LogP contribution in [0.15, 0.2) is 23.1 Å². The van der Waals surface area contributed by atoms with Crippen molar-refractivity contribution >= 4 is 41.6 Å². The first-order valence-electron chi connectivity index (χ1n) is 3.84. The largest absolute Gasteiger partial charge is 0.333 e. The molecule has 1 rings (SSSR count). The average Bonchev–Trinajstić information content (AvgIpc) is 2.20. The first kappa shape index (κ1) is 14.0.